The molecular weight excluding hydrogens is 381 g/mol. The van der Waals surface area contributed by atoms with Gasteiger partial charge in [-0.2, -0.15) is 0 Å². The fourth-order valence-corrected chi connectivity index (χ4v) is 2.71. The molecule has 0 unspecified atom stereocenters. The van der Waals surface area contributed by atoms with Crippen molar-refractivity contribution in [1.82, 2.24) is 15.6 Å². The Morgan fingerprint density at radius 3 is 2.33 bits per heavy atom. The molecule has 1 saturated carbocycles. The van der Waals surface area contributed by atoms with E-state index in [-0.39, 0.29) is 28.8 Å². The van der Waals surface area contributed by atoms with Gasteiger partial charge in [0.15, 0.2) is 0 Å². The first-order valence-electron chi connectivity index (χ1n) is 10.00. The highest BCUT2D eigenvalue weighted by molar-refractivity contribution is 5.96. The number of halogens is 1. The Hall–Kier alpha value is -3.02. The van der Waals surface area contributed by atoms with E-state index in [1.807, 2.05) is 20.8 Å². The summed E-state index contributed by atoms with van der Waals surface area (Å²) >= 11 is 0. The molecule has 0 bridgehead atoms. The molecule has 0 saturated heterocycles. The molecule has 0 atom stereocenters. The number of aromatic nitrogens is 1. The number of rotatable bonds is 5. The average molecular weight is 412 g/mol. The Kier molecular flexibility index (Phi) is 7.48. The van der Waals surface area contributed by atoms with Gasteiger partial charge in [-0.05, 0) is 55.0 Å². The van der Waals surface area contributed by atoms with Crippen LogP contribution in [0.3, 0.4) is 0 Å². The summed E-state index contributed by atoms with van der Waals surface area (Å²) in [6, 6.07) is 6.44. The maximum Gasteiger partial charge on any atom is 0.252 e. The van der Waals surface area contributed by atoms with Crippen LogP contribution < -0.4 is 10.6 Å². The zero-order valence-corrected chi connectivity index (χ0v) is 18.1. The molecule has 1 aromatic carbocycles. The summed E-state index contributed by atoms with van der Waals surface area (Å²) in [5.41, 5.74) is 2.18. The molecule has 2 amide bonds. The van der Waals surface area contributed by atoms with E-state index in [4.69, 9.17) is 0 Å². The summed E-state index contributed by atoms with van der Waals surface area (Å²) < 4.78 is 14.4. The van der Waals surface area contributed by atoms with E-state index >= 15 is 0 Å². The van der Waals surface area contributed by atoms with Gasteiger partial charge in [0, 0.05) is 29.9 Å². The first-order chi connectivity index (χ1) is 14.1. The fraction of sp³-hybridized carbons (Fsp3) is 0.375. The molecule has 1 fully saturated rings. The van der Waals surface area contributed by atoms with E-state index < -0.39 is 5.82 Å². The van der Waals surface area contributed by atoms with Crippen LogP contribution in [-0.4, -0.2) is 29.4 Å². The van der Waals surface area contributed by atoms with Gasteiger partial charge < -0.3 is 10.6 Å². The second-order valence-corrected chi connectivity index (χ2v) is 8.55. The molecule has 5 nitrogen and oxygen atoms in total. The lowest BCUT2D eigenvalue weighted by Gasteiger charge is -2.18. The van der Waals surface area contributed by atoms with Crippen LogP contribution in [0.2, 0.25) is 0 Å². The van der Waals surface area contributed by atoms with Gasteiger partial charge in [-0.1, -0.05) is 20.8 Å². The third kappa shape index (κ3) is 6.24. The molecule has 160 valence electrons. The minimum atomic E-state index is -0.452. The minimum Gasteiger partial charge on any atom is -0.351 e. The lowest BCUT2D eigenvalue weighted by molar-refractivity contribution is 0.0935. The Labute approximate surface area is 177 Å². The van der Waals surface area contributed by atoms with Crippen LogP contribution in [0.25, 0.3) is 11.3 Å². The second kappa shape index (κ2) is 9.65. The predicted octanol–water partition coefficient (Wildman–Crippen LogP) is 4.67. The Morgan fingerprint density at radius 1 is 1.13 bits per heavy atom. The smallest absolute Gasteiger partial charge is 0.252 e. The molecule has 1 aromatic heterocycles. The summed E-state index contributed by atoms with van der Waals surface area (Å²) in [6.45, 7) is 14.3. The van der Waals surface area contributed by atoms with Gasteiger partial charge in [-0.25, -0.2) is 4.39 Å². The van der Waals surface area contributed by atoms with Crippen molar-refractivity contribution < 1.29 is 14.0 Å². The highest BCUT2D eigenvalue weighted by Gasteiger charge is 2.24. The van der Waals surface area contributed by atoms with Crippen molar-refractivity contribution in [2.24, 2.45) is 5.41 Å². The zero-order valence-electron chi connectivity index (χ0n) is 18.1. The molecule has 0 spiro atoms. The Balaban J connectivity index is 0.00000155. The normalized spacial score (nSPS) is 13.1. The van der Waals surface area contributed by atoms with Crippen LogP contribution in [0.5, 0.6) is 0 Å². The van der Waals surface area contributed by atoms with Crippen molar-refractivity contribution in [1.29, 1.82) is 0 Å². The molecule has 0 aliphatic heterocycles. The van der Waals surface area contributed by atoms with Crippen molar-refractivity contribution in [2.45, 2.75) is 46.6 Å². The van der Waals surface area contributed by atoms with E-state index in [0.717, 1.165) is 12.8 Å². The number of hydrogen-bond acceptors (Lipinski definition) is 3. The standard InChI is InChI=1S/C22H26FN3O2.C2H4/c1-13-17(9-15(10-18(13)23)21(28)26-16-6-7-16)19-8-5-14(11-24-19)20(27)25-12-22(2,3)4;1-2/h5,8-11,16H,6-7,12H2,1-4H3,(H,25,27)(H,26,28);1-2H2. The van der Waals surface area contributed by atoms with Gasteiger partial charge in [0.1, 0.15) is 5.82 Å². The fourth-order valence-electron chi connectivity index (χ4n) is 2.71. The van der Waals surface area contributed by atoms with Gasteiger partial charge in [-0.3, -0.25) is 14.6 Å². The van der Waals surface area contributed by atoms with E-state index in [2.05, 4.69) is 28.8 Å². The maximum absolute atomic E-state index is 14.4. The quantitative estimate of drug-likeness (QED) is 0.703. The van der Waals surface area contributed by atoms with Gasteiger partial charge >= 0.3 is 0 Å². The first kappa shape index (κ1) is 23.3. The van der Waals surface area contributed by atoms with Crippen LogP contribution in [0.15, 0.2) is 43.6 Å². The molecule has 2 aromatic rings. The molecular formula is C24H30FN3O2. The van der Waals surface area contributed by atoms with Crippen LogP contribution in [0, 0.1) is 18.2 Å². The average Bonchev–Trinajstić information content (AvgIpc) is 3.53. The lowest BCUT2D eigenvalue weighted by Crippen LogP contribution is -2.32. The summed E-state index contributed by atoms with van der Waals surface area (Å²) in [4.78, 5) is 28.9. The topological polar surface area (TPSA) is 71.1 Å². The predicted molar refractivity (Wildman–Crippen MR) is 118 cm³/mol. The van der Waals surface area contributed by atoms with Crippen LogP contribution in [0.1, 0.15) is 59.9 Å². The number of hydrogen-bond donors (Lipinski definition) is 2. The van der Waals surface area contributed by atoms with Gasteiger partial charge in [0.2, 0.25) is 0 Å². The largest absolute Gasteiger partial charge is 0.351 e. The molecule has 2 N–H and O–H groups in total. The maximum atomic E-state index is 14.4. The summed E-state index contributed by atoms with van der Waals surface area (Å²) in [7, 11) is 0. The number of nitrogens with zero attached hydrogens (tertiary/aromatic N) is 1. The summed E-state index contributed by atoms with van der Waals surface area (Å²) in [5, 5.41) is 5.74. The summed E-state index contributed by atoms with van der Waals surface area (Å²) in [5.74, 6) is -0.928. The van der Waals surface area contributed by atoms with Gasteiger partial charge in [0.05, 0.1) is 11.3 Å². The van der Waals surface area contributed by atoms with Crippen LogP contribution >= 0.6 is 0 Å². The number of amides is 2. The zero-order chi connectivity index (χ0) is 22.5. The molecule has 1 aliphatic rings. The van der Waals surface area contributed by atoms with Gasteiger partial charge in [-0.15, -0.1) is 13.2 Å². The molecule has 3 rings (SSSR count). The first-order valence-corrected chi connectivity index (χ1v) is 10.00. The van der Waals surface area contributed by atoms with Crippen molar-refractivity contribution in [3.8, 4) is 11.3 Å². The van der Waals surface area contributed by atoms with Crippen molar-refractivity contribution in [2.75, 3.05) is 6.54 Å². The highest BCUT2D eigenvalue weighted by Crippen LogP contribution is 2.26. The monoisotopic (exact) mass is 411 g/mol. The third-order valence-corrected chi connectivity index (χ3v) is 4.60. The molecule has 6 heteroatoms. The highest BCUT2D eigenvalue weighted by atomic mass is 19.1. The van der Waals surface area contributed by atoms with Crippen LogP contribution in [-0.2, 0) is 0 Å². The molecule has 1 aliphatic carbocycles. The number of carbonyl (C=O) groups is 2. The number of benzene rings is 1. The number of carbonyl (C=O) groups excluding carboxylic acids is 2. The van der Waals surface area contributed by atoms with Crippen molar-refractivity contribution >= 4 is 11.8 Å². The SMILES string of the molecule is C=C.Cc1c(F)cc(C(=O)NC2CC2)cc1-c1ccc(C(=O)NCC(C)(C)C)cn1. The minimum absolute atomic E-state index is 0.0147. The molecule has 1 heterocycles. The van der Waals surface area contributed by atoms with Gasteiger partial charge in [0.25, 0.3) is 11.8 Å². The van der Waals surface area contributed by atoms with E-state index in [9.17, 15) is 14.0 Å². The van der Waals surface area contributed by atoms with Crippen molar-refractivity contribution in [3.63, 3.8) is 0 Å². The van der Waals surface area contributed by atoms with Crippen molar-refractivity contribution in [3.05, 3.63) is 66.1 Å². The van der Waals surface area contributed by atoms with E-state index in [1.54, 1.807) is 25.1 Å². The Bertz CT molecular complexity index is 913. The number of nitrogens with one attached hydrogen (secondary N) is 2. The Morgan fingerprint density at radius 2 is 1.80 bits per heavy atom. The molecule has 30 heavy (non-hydrogen) atoms. The third-order valence-electron chi connectivity index (χ3n) is 4.60. The number of pyridine rings is 1. The molecule has 0 radical (unpaired) electrons. The van der Waals surface area contributed by atoms with Crippen LogP contribution in [0.4, 0.5) is 4.39 Å². The second-order valence-electron chi connectivity index (χ2n) is 8.55. The van der Waals surface area contributed by atoms with E-state index in [1.165, 1.54) is 12.3 Å². The van der Waals surface area contributed by atoms with E-state index in [0.29, 0.717) is 28.9 Å². The summed E-state index contributed by atoms with van der Waals surface area (Å²) in [6.07, 6.45) is 3.40. The lowest BCUT2D eigenvalue weighted by atomic mass is 9.97.